The van der Waals surface area contributed by atoms with Gasteiger partial charge in [0.15, 0.2) is 6.04 Å². The van der Waals surface area contributed by atoms with Gasteiger partial charge in [0.1, 0.15) is 18.5 Å². The van der Waals surface area contributed by atoms with Crippen LogP contribution in [0.5, 0.6) is 5.75 Å². The minimum Gasteiger partial charge on any atom is -0.488 e. The molecular formula is C20H21N3O5. The highest BCUT2D eigenvalue weighted by molar-refractivity contribution is 6.01. The zero-order valence-electron chi connectivity index (χ0n) is 15.6. The predicted octanol–water partition coefficient (Wildman–Crippen LogP) is 2.84. The highest BCUT2D eigenvalue weighted by atomic mass is 16.6. The Morgan fingerprint density at radius 3 is 2.71 bits per heavy atom. The molecule has 1 aliphatic rings. The van der Waals surface area contributed by atoms with E-state index in [1.165, 1.54) is 18.2 Å². The fourth-order valence-electron chi connectivity index (χ4n) is 2.84. The zero-order chi connectivity index (χ0) is 20.1. The Kier molecular flexibility index (Phi) is 5.88. The van der Waals surface area contributed by atoms with Crippen LogP contribution in [-0.4, -0.2) is 35.4 Å². The number of non-ortho nitro benzene ring substituents is 1. The van der Waals surface area contributed by atoms with Gasteiger partial charge in [-0.05, 0) is 25.5 Å². The second-order valence-electron chi connectivity index (χ2n) is 6.31. The molecule has 2 aromatic rings. The van der Waals surface area contributed by atoms with Crippen LogP contribution in [0.2, 0.25) is 0 Å². The third-order valence-electron chi connectivity index (χ3n) is 4.26. The fourth-order valence-corrected chi connectivity index (χ4v) is 2.84. The summed E-state index contributed by atoms with van der Waals surface area (Å²) >= 11 is 0. The standard InChI is InChI=1S/C20H21N3O5/c1-3-21-19(24)18-13(2)28-20(22-18)16-10-9-15(23(25)26)11-17(16)27-12-14-7-5-4-6-8-14/h4-11,13,18H,3,12H2,1-2H3,(H,21,24)/t13-,18-/m0/s1. The van der Waals surface area contributed by atoms with Crippen molar-refractivity contribution in [3.63, 3.8) is 0 Å². The fraction of sp³-hybridized carbons (Fsp3) is 0.300. The molecule has 28 heavy (non-hydrogen) atoms. The van der Waals surface area contributed by atoms with E-state index in [4.69, 9.17) is 9.47 Å². The van der Waals surface area contributed by atoms with E-state index in [1.54, 1.807) is 6.92 Å². The summed E-state index contributed by atoms with van der Waals surface area (Å²) in [4.78, 5) is 27.2. The number of amides is 1. The van der Waals surface area contributed by atoms with E-state index in [0.29, 0.717) is 12.1 Å². The SMILES string of the molecule is CCNC(=O)[C@H]1N=C(c2ccc([N+](=O)[O-])cc2OCc2ccccc2)O[C@H]1C. The number of nitrogens with zero attached hydrogens (tertiary/aromatic N) is 2. The quantitative estimate of drug-likeness (QED) is 0.585. The number of carbonyl (C=O) groups excluding carboxylic acids is 1. The van der Waals surface area contributed by atoms with E-state index in [-0.39, 0.29) is 29.8 Å². The van der Waals surface area contributed by atoms with Crippen LogP contribution in [0.25, 0.3) is 0 Å². The highest BCUT2D eigenvalue weighted by Crippen LogP contribution is 2.29. The molecule has 0 unspecified atom stereocenters. The predicted molar refractivity (Wildman–Crippen MR) is 103 cm³/mol. The zero-order valence-corrected chi connectivity index (χ0v) is 15.6. The number of benzene rings is 2. The van der Waals surface area contributed by atoms with Crippen molar-refractivity contribution in [3.8, 4) is 5.75 Å². The molecule has 0 fully saturated rings. The van der Waals surface area contributed by atoms with Crippen molar-refractivity contribution in [1.82, 2.24) is 5.32 Å². The third kappa shape index (κ3) is 4.28. The largest absolute Gasteiger partial charge is 0.488 e. The topological polar surface area (TPSA) is 103 Å². The van der Waals surface area contributed by atoms with Crippen molar-refractivity contribution >= 4 is 17.5 Å². The van der Waals surface area contributed by atoms with E-state index >= 15 is 0 Å². The first-order valence-corrected chi connectivity index (χ1v) is 8.97. The van der Waals surface area contributed by atoms with Gasteiger partial charge in [0, 0.05) is 12.6 Å². The van der Waals surface area contributed by atoms with Gasteiger partial charge in [0.25, 0.3) is 5.69 Å². The Labute approximate surface area is 162 Å². The lowest BCUT2D eigenvalue weighted by atomic mass is 10.1. The lowest BCUT2D eigenvalue weighted by Gasteiger charge is -2.13. The molecule has 8 nitrogen and oxygen atoms in total. The lowest BCUT2D eigenvalue weighted by Crippen LogP contribution is -2.38. The van der Waals surface area contributed by atoms with E-state index in [9.17, 15) is 14.9 Å². The maximum atomic E-state index is 12.2. The molecule has 3 rings (SSSR count). The minimum atomic E-state index is -0.674. The highest BCUT2D eigenvalue weighted by Gasteiger charge is 2.34. The summed E-state index contributed by atoms with van der Waals surface area (Å²) < 4.78 is 11.6. The van der Waals surface area contributed by atoms with E-state index in [1.807, 2.05) is 37.3 Å². The Morgan fingerprint density at radius 1 is 1.29 bits per heavy atom. The van der Waals surface area contributed by atoms with Crippen molar-refractivity contribution < 1.29 is 19.2 Å². The van der Waals surface area contributed by atoms with Gasteiger partial charge in [-0.3, -0.25) is 14.9 Å². The third-order valence-corrected chi connectivity index (χ3v) is 4.26. The van der Waals surface area contributed by atoms with Gasteiger partial charge in [0.2, 0.25) is 11.8 Å². The summed E-state index contributed by atoms with van der Waals surface area (Å²) in [6.45, 7) is 4.31. The molecule has 0 bridgehead atoms. The van der Waals surface area contributed by atoms with E-state index < -0.39 is 17.1 Å². The van der Waals surface area contributed by atoms with Crippen LogP contribution in [-0.2, 0) is 16.1 Å². The number of nitro groups is 1. The van der Waals surface area contributed by atoms with Crippen LogP contribution in [0.3, 0.4) is 0 Å². The Hall–Kier alpha value is -3.42. The smallest absolute Gasteiger partial charge is 0.273 e. The van der Waals surface area contributed by atoms with E-state index in [2.05, 4.69) is 10.3 Å². The number of rotatable bonds is 7. The van der Waals surface area contributed by atoms with Gasteiger partial charge in [0.05, 0.1) is 16.6 Å². The van der Waals surface area contributed by atoms with Crippen LogP contribution in [0.1, 0.15) is 25.0 Å². The second-order valence-corrected chi connectivity index (χ2v) is 6.31. The van der Waals surface area contributed by atoms with E-state index in [0.717, 1.165) is 5.56 Å². The molecule has 0 spiro atoms. The van der Waals surface area contributed by atoms with Gasteiger partial charge in [-0.15, -0.1) is 0 Å². The van der Waals surface area contributed by atoms with Crippen LogP contribution >= 0.6 is 0 Å². The average Bonchev–Trinajstić information content (AvgIpc) is 3.08. The molecule has 146 valence electrons. The van der Waals surface area contributed by atoms with Gasteiger partial charge < -0.3 is 14.8 Å². The maximum absolute atomic E-state index is 12.2. The number of hydrogen-bond acceptors (Lipinski definition) is 6. The molecule has 1 aliphatic heterocycles. The summed E-state index contributed by atoms with van der Waals surface area (Å²) in [6, 6.07) is 13.0. The summed E-state index contributed by atoms with van der Waals surface area (Å²) in [5.41, 5.74) is 1.29. The molecule has 1 amide bonds. The number of hydrogen-bond donors (Lipinski definition) is 1. The Balaban J connectivity index is 1.90. The second kappa shape index (κ2) is 8.51. The van der Waals surface area contributed by atoms with Gasteiger partial charge in [-0.25, -0.2) is 4.99 Å². The van der Waals surface area contributed by atoms with Crippen molar-refractivity contribution in [3.05, 3.63) is 69.8 Å². The first kappa shape index (κ1) is 19.3. The Bertz CT molecular complexity index is 898. The van der Waals surface area contributed by atoms with Gasteiger partial charge >= 0.3 is 0 Å². The molecule has 0 saturated carbocycles. The number of ether oxygens (including phenoxy) is 2. The molecule has 1 heterocycles. The van der Waals surface area contributed by atoms with Crippen molar-refractivity contribution in [2.45, 2.75) is 32.6 Å². The first-order valence-electron chi connectivity index (χ1n) is 8.97. The summed E-state index contributed by atoms with van der Waals surface area (Å²) in [7, 11) is 0. The number of nitrogens with one attached hydrogen (secondary N) is 1. The van der Waals surface area contributed by atoms with Crippen LogP contribution in [0, 0.1) is 10.1 Å². The maximum Gasteiger partial charge on any atom is 0.273 e. The van der Waals surface area contributed by atoms with Crippen LogP contribution in [0.15, 0.2) is 53.5 Å². The van der Waals surface area contributed by atoms with Crippen molar-refractivity contribution in [2.75, 3.05) is 6.54 Å². The van der Waals surface area contributed by atoms with Gasteiger partial charge in [-0.2, -0.15) is 0 Å². The van der Waals surface area contributed by atoms with Crippen molar-refractivity contribution in [1.29, 1.82) is 0 Å². The summed E-state index contributed by atoms with van der Waals surface area (Å²) in [6.07, 6.45) is -0.446. The van der Waals surface area contributed by atoms with Gasteiger partial charge in [-0.1, -0.05) is 30.3 Å². The number of aliphatic imine (C=N–C) groups is 1. The van der Waals surface area contributed by atoms with Crippen LogP contribution < -0.4 is 10.1 Å². The first-order chi connectivity index (χ1) is 13.5. The number of nitro benzene ring substituents is 1. The molecule has 0 aromatic heterocycles. The molecular weight excluding hydrogens is 362 g/mol. The lowest BCUT2D eigenvalue weighted by molar-refractivity contribution is -0.384. The number of carbonyl (C=O) groups is 1. The molecule has 1 N–H and O–H groups in total. The van der Waals surface area contributed by atoms with Crippen LogP contribution in [0.4, 0.5) is 5.69 Å². The molecule has 0 aliphatic carbocycles. The average molecular weight is 383 g/mol. The monoisotopic (exact) mass is 383 g/mol. The molecule has 8 heteroatoms. The Morgan fingerprint density at radius 2 is 2.04 bits per heavy atom. The number of likely N-dealkylation sites (N-methyl/N-ethyl adjacent to an activating group) is 1. The molecule has 0 saturated heterocycles. The molecule has 2 atom stereocenters. The molecule has 2 aromatic carbocycles. The summed E-state index contributed by atoms with van der Waals surface area (Å²) in [5.74, 6) is 0.293. The molecule has 0 radical (unpaired) electrons. The van der Waals surface area contributed by atoms with Crippen molar-refractivity contribution in [2.24, 2.45) is 4.99 Å². The summed E-state index contributed by atoms with van der Waals surface area (Å²) in [5, 5.41) is 13.9. The normalized spacial score (nSPS) is 18.1. The minimum absolute atomic E-state index is 0.0984.